The van der Waals surface area contributed by atoms with Crippen LogP contribution in [0.15, 0.2) is 115 Å². The number of nitrogens with zero attached hydrogens (tertiary/aromatic N) is 1. The summed E-state index contributed by atoms with van der Waals surface area (Å²) in [5.41, 5.74) is 9.29. The molecule has 7 aromatic rings. The van der Waals surface area contributed by atoms with Crippen molar-refractivity contribution in [2.45, 2.75) is 19.3 Å². The van der Waals surface area contributed by atoms with Gasteiger partial charge in [0.2, 0.25) is 0 Å². The van der Waals surface area contributed by atoms with Crippen molar-refractivity contribution < 1.29 is 0 Å². The molecule has 1 aromatic heterocycles. The van der Waals surface area contributed by atoms with Crippen LogP contribution in [0, 0.1) is 0 Å². The SMILES string of the molecule is CC1(C)c2ccccc2-c2c1c1ccc3c(c4ccccc4n3-c3ccccc3)c1c1ccccc21. The van der Waals surface area contributed by atoms with Gasteiger partial charge in [-0.3, -0.25) is 0 Å². The molecule has 170 valence electrons. The van der Waals surface area contributed by atoms with E-state index in [0.717, 1.165) is 0 Å². The highest BCUT2D eigenvalue weighted by atomic mass is 15.0. The Balaban J connectivity index is 1.66. The second-order valence-corrected chi connectivity index (χ2v) is 10.5. The summed E-state index contributed by atoms with van der Waals surface area (Å²) in [5, 5.41) is 8.07. The molecule has 0 atom stereocenters. The average Bonchev–Trinajstić information content (AvgIpc) is 3.39. The fourth-order valence-corrected chi connectivity index (χ4v) is 6.90. The Morgan fingerprint density at radius 1 is 0.500 bits per heavy atom. The maximum Gasteiger partial charge on any atom is 0.0547 e. The molecule has 0 spiro atoms. The molecule has 0 radical (unpaired) electrons. The first-order valence-corrected chi connectivity index (χ1v) is 12.7. The topological polar surface area (TPSA) is 4.93 Å². The van der Waals surface area contributed by atoms with Crippen LogP contribution in [0.3, 0.4) is 0 Å². The summed E-state index contributed by atoms with van der Waals surface area (Å²) in [7, 11) is 0. The molecule has 0 fully saturated rings. The van der Waals surface area contributed by atoms with Gasteiger partial charge in [-0.1, -0.05) is 105 Å². The number of para-hydroxylation sites is 2. The predicted molar refractivity (Wildman–Crippen MR) is 153 cm³/mol. The second kappa shape index (κ2) is 6.86. The molecular formula is C35H25N. The summed E-state index contributed by atoms with van der Waals surface area (Å²) in [4.78, 5) is 0. The fourth-order valence-electron chi connectivity index (χ4n) is 6.90. The van der Waals surface area contributed by atoms with Crippen molar-refractivity contribution in [3.05, 3.63) is 126 Å². The first kappa shape index (κ1) is 19.9. The highest BCUT2D eigenvalue weighted by Gasteiger charge is 2.38. The molecular weight excluding hydrogens is 434 g/mol. The second-order valence-electron chi connectivity index (χ2n) is 10.5. The molecule has 1 aliphatic carbocycles. The van der Waals surface area contributed by atoms with E-state index in [-0.39, 0.29) is 5.41 Å². The summed E-state index contributed by atoms with van der Waals surface area (Å²) < 4.78 is 2.42. The largest absolute Gasteiger partial charge is 0.309 e. The molecule has 0 aliphatic heterocycles. The van der Waals surface area contributed by atoms with E-state index < -0.39 is 0 Å². The van der Waals surface area contributed by atoms with E-state index in [4.69, 9.17) is 0 Å². The summed E-state index contributed by atoms with van der Waals surface area (Å²) in [6, 6.07) is 42.3. The smallest absolute Gasteiger partial charge is 0.0547 e. The van der Waals surface area contributed by atoms with Crippen molar-refractivity contribution in [1.29, 1.82) is 0 Å². The zero-order chi connectivity index (χ0) is 24.0. The first-order valence-electron chi connectivity index (χ1n) is 12.7. The minimum Gasteiger partial charge on any atom is -0.309 e. The Kier molecular flexibility index (Phi) is 3.79. The van der Waals surface area contributed by atoms with Crippen LogP contribution < -0.4 is 0 Å². The molecule has 0 saturated carbocycles. The van der Waals surface area contributed by atoms with Gasteiger partial charge in [-0.25, -0.2) is 0 Å². The molecule has 0 bridgehead atoms. The number of fused-ring (bicyclic) bond motifs is 12. The van der Waals surface area contributed by atoms with Crippen LogP contribution in [-0.4, -0.2) is 4.57 Å². The Bertz CT molecular complexity index is 2000. The minimum absolute atomic E-state index is 0.0698. The van der Waals surface area contributed by atoms with Gasteiger partial charge < -0.3 is 4.57 Å². The van der Waals surface area contributed by atoms with Gasteiger partial charge in [-0.05, 0) is 68.1 Å². The highest BCUT2D eigenvalue weighted by molar-refractivity contribution is 6.31. The molecule has 1 heterocycles. The van der Waals surface area contributed by atoms with Crippen molar-refractivity contribution in [3.8, 4) is 16.8 Å². The van der Waals surface area contributed by atoms with Gasteiger partial charge >= 0.3 is 0 Å². The van der Waals surface area contributed by atoms with Crippen LogP contribution in [0.1, 0.15) is 25.0 Å². The highest BCUT2D eigenvalue weighted by Crippen LogP contribution is 2.55. The van der Waals surface area contributed by atoms with Gasteiger partial charge in [-0.2, -0.15) is 0 Å². The standard InChI is InChI=1S/C35H25N/c1-35(2)28-18-10-8-16-25(28)32-24-15-7-6-14-23(24)31-27(34(32)35)20-21-30-33(31)26-17-9-11-19-29(26)36(30)22-12-4-3-5-13-22/h3-21H,1-2H3. The number of hydrogen-bond donors (Lipinski definition) is 0. The molecule has 8 rings (SSSR count). The van der Waals surface area contributed by atoms with Crippen molar-refractivity contribution in [3.63, 3.8) is 0 Å². The van der Waals surface area contributed by atoms with Crippen LogP contribution >= 0.6 is 0 Å². The number of hydrogen-bond acceptors (Lipinski definition) is 0. The minimum atomic E-state index is -0.0698. The number of benzene rings is 6. The zero-order valence-electron chi connectivity index (χ0n) is 20.4. The van der Waals surface area contributed by atoms with E-state index in [0.29, 0.717) is 0 Å². The van der Waals surface area contributed by atoms with Gasteiger partial charge in [0, 0.05) is 21.9 Å². The lowest BCUT2D eigenvalue weighted by molar-refractivity contribution is 0.666. The Labute approximate surface area is 210 Å². The molecule has 6 aromatic carbocycles. The predicted octanol–water partition coefficient (Wildman–Crippen LogP) is 9.40. The Hall–Kier alpha value is -4.36. The van der Waals surface area contributed by atoms with Crippen LogP contribution in [0.2, 0.25) is 0 Å². The molecule has 1 heteroatoms. The van der Waals surface area contributed by atoms with Gasteiger partial charge in [0.1, 0.15) is 0 Å². The van der Waals surface area contributed by atoms with E-state index in [2.05, 4.69) is 134 Å². The van der Waals surface area contributed by atoms with Gasteiger partial charge in [0.05, 0.1) is 11.0 Å². The normalized spacial score (nSPS) is 14.1. The summed E-state index contributed by atoms with van der Waals surface area (Å²) in [5.74, 6) is 0. The molecule has 0 N–H and O–H groups in total. The quantitative estimate of drug-likeness (QED) is 0.215. The third kappa shape index (κ3) is 2.35. The van der Waals surface area contributed by atoms with Crippen molar-refractivity contribution in [2.24, 2.45) is 0 Å². The summed E-state index contributed by atoms with van der Waals surface area (Å²) >= 11 is 0. The monoisotopic (exact) mass is 459 g/mol. The van der Waals surface area contributed by atoms with Crippen LogP contribution in [0.4, 0.5) is 0 Å². The Morgan fingerprint density at radius 3 is 2.00 bits per heavy atom. The lowest BCUT2D eigenvalue weighted by Gasteiger charge is -2.24. The van der Waals surface area contributed by atoms with Gasteiger partial charge in [0.15, 0.2) is 0 Å². The first-order chi connectivity index (χ1) is 17.7. The molecule has 1 nitrogen and oxygen atoms in total. The third-order valence-corrected chi connectivity index (χ3v) is 8.33. The lowest BCUT2D eigenvalue weighted by atomic mass is 9.78. The molecule has 1 aliphatic rings. The van der Waals surface area contributed by atoms with Crippen molar-refractivity contribution >= 4 is 43.4 Å². The number of aromatic nitrogens is 1. The Morgan fingerprint density at radius 2 is 1.17 bits per heavy atom. The van der Waals surface area contributed by atoms with Crippen molar-refractivity contribution in [2.75, 3.05) is 0 Å². The lowest BCUT2D eigenvalue weighted by Crippen LogP contribution is -2.15. The maximum absolute atomic E-state index is 2.42. The van der Waals surface area contributed by atoms with Gasteiger partial charge in [-0.15, -0.1) is 0 Å². The molecule has 0 unspecified atom stereocenters. The maximum atomic E-state index is 2.42. The van der Waals surface area contributed by atoms with Crippen LogP contribution in [-0.2, 0) is 5.41 Å². The van der Waals surface area contributed by atoms with Gasteiger partial charge in [0.25, 0.3) is 0 Å². The van der Waals surface area contributed by atoms with E-state index in [1.807, 2.05) is 0 Å². The number of rotatable bonds is 1. The van der Waals surface area contributed by atoms with Crippen LogP contribution in [0.5, 0.6) is 0 Å². The molecule has 0 amide bonds. The third-order valence-electron chi connectivity index (χ3n) is 8.33. The fraction of sp³-hybridized carbons (Fsp3) is 0.0857. The van der Waals surface area contributed by atoms with E-state index in [9.17, 15) is 0 Å². The zero-order valence-corrected chi connectivity index (χ0v) is 20.4. The van der Waals surface area contributed by atoms with E-state index >= 15 is 0 Å². The van der Waals surface area contributed by atoms with E-state index in [1.165, 1.54) is 71.3 Å². The molecule has 36 heavy (non-hydrogen) atoms. The summed E-state index contributed by atoms with van der Waals surface area (Å²) in [6.45, 7) is 4.78. The van der Waals surface area contributed by atoms with Crippen molar-refractivity contribution in [1.82, 2.24) is 4.57 Å². The summed E-state index contributed by atoms with van der Waals surface area (Å²) in [6.07, 6.45) is 0. The molecule has 0 saturated heterocycles. The van der Waals surface area contributed by atoms with Crippen LogP contribution in [0.25, 0.3) is 60.2 Å². The van der Waals surface area contributed by atoms with E-state index in [1.54, 1.807) is 0 Å². The average molecular weight is 460 g/mol.